The Morgan fingerprint density at radius 2 is 1.65 bits per heavy atom. The lowest BCUT2D eigenvalue weighted by atomic mass is 10.0. The summed E-state index contributed by atoms with van der Waals surface area (Å²) in [5, 5.41) is 15.1. The molecule has 0 saturated heterocycles. The molecule has 0 aliphatic heterocycles. The van der Waals surface area contributed by atoms with Crippen LogP contribution in [0.4, 0.5) is 5.69 Å². The number of aryl methyl sites for hydroxylation is 1. The van der Waals surface area contributed by atoms with Gasteiger partial charge in [-0.1, -0.05) is 71.9 Å². The fourth-order valence-corrected chi connectivity index (χ4v) is 3.66. The van der Waals surface area contributed by atoms with E-state index in [4.69, 9.17) is 0 Å². The Labute approximate surface area is 183 Å². The molecule has 31 heavy (non-hydrogen) atoms. The van der Waals surface area contributed by atoms with Gasteiger partial charge in [0.05, 0.1) is 17.1 Å². The molecule has 0 unspecified atom stereocenters. The number of amides is 1. The van der Waals surface area contributed by atoms with Gasteiger partial charge in [-0.05, 0) is 41.6 Å². The molecule has 4 aromatic rings. The molecule has 4 rings (SSSR count). The summed E-state index contributed by atoms with van der Waals surface area (Å²) in [7, 11) is 0. The van der Waals surface area contributed by atoms with Gasteiger partial charge in [0.2, 0.25) is 11.1 Å². The average molecular weight is 430 g/mol. The lowest BCUT2D eigenvalue weighted by Crippen LogP contribution is -2.17. The van der Waals surface area contributed by atoms with Crippen LogP contribution in [-0.2, 0) is 4.79 Å². The summed E-state index contributed by atoms with van der Waals surface area (Å²) in [5.74, 6) is -0.302. The van der Waals surface area contributed by atoms with E-state index in [-0.39, 0.29) is 17.4 Å². The third-order valence-electron chi connectivity index (χ3n) is 4.53. The quantitative estimate of drug-likeness (QED) is 0.354. The van der Waals surface area contributed by atoms with Crippen molar-refractivity contribution in [3.8, 4) is 5.69 Å². The van der Waals surface area contributed by atoms with Crippen LogP contribution in [0.25, 0.3) is 5.69 Å². The van der Waals surface area contributed by atoms with E-state index in [1.165, 1.54) is 11.8 Å². The number of hydrogen-bond donors (Lipinski definition) is 1. The van der Waals surface area contributed by atoms with Crippen LogP contribution in [0.5, 0.6) is 0 Å². The Morgan fingerprint density at radius 3 is 2.42 bits per heavy atom. The zero-order valence-electron chi connectivity index (χ0n) is 16.7. The second kappa shape index (κ2) is 9.36. The molecule has 1 amide bonds. The minimum absolute atomic E-state index is 0.0973. The maximum absolute atomic E-state index is 12.8. The molecule has 0 bridgehead atoms. The zero-order valence-corrected chi connectivity index (χ0v) is 17.5. The van der Waals surface area contributed by atoms with E-state index < -0.39 is 0 Å². The number of nitrogens with one attached hydrogen (secondary N) is 1. The molecule has 0 atom stereocenters. The number of benzene rings is 3. The van der Waals surface area contributed by atoms with Gasteiger partial charge in [-0.2, -0.15) is 4.68 Å². The number of aromatic nitrogens is 4. The maximum atomic E-state index is 12.8. The van der Waals surface area contributed by atoms with E-state index in [9.17, 15) is 9.59 Å². The van der Waals surface area contributed by atoms with E-state index >= 15 is 0 Å². The Bertz CT molecular complexity index is 1210. The average Bonchev–Trinajstić information content (AvgIpc) is 3.27. The van der Waals surface area contributed by atoms with Gasteiger partial charge in [0, 0.05) is 11.1 Å². The summed E-state index contributed by atoms with van der Waals surface area (Å²) >= 11 is 1.22. The molecule has 8 heteroatoms. The molecular formula is C23H19N5O2S. The smallest absolute Gasteiger partial charge is 0.234 e. The summed E-state index contributed by atoms with van der Waals surface area (Å²) < 4.78 is 1.59. The molecule has 1 aromatic heterocycles. The number of nitrogens with zero attached hydrogens (tertiary/aromatic N) is 4. The van der Waals surface area contributed by atoms with Crippen LogP contribution in [0.2, 0.25) is 0 Å². The molecule has 0 aliphatic rings. The first-order chi connectivity index (χ1) is 15.1. The number of anilines is 1. The van der Waals surface area contributed by atoms with Crippen molar-refractivity contribution < 1.29 is 9.59 Å². The van der Waals surface area contributed by atoms with Crippen LogP contribution < -0.4 is 5.32 Å². The lowest BCUT2D eigenvalue weighted by molar-refractivity contribution is -0.113. The van der Waals surface area contributed by atoms with Crippen LogP contribution in [0.15, 0.2) is 84.0 Å². The molecule has 0 fully saturated rings. The highest BCUT2D eigenvalue weighted by Crippen LogP contribution is 2.22. The third-order valence-corrected chi connectivity index (χ3v) is 5.45. The second-order valence-corrected chi connectivity index (χ2v) is 7.73. The van der Waals surface area contributed by atoms with Gasteiger partial charge in [0.1, 0.15) is 0 Å². The molecule has 7 nitrogen and oxygen atoms in total. The molecule has 0 saturated carbocycles. The molecule has 0 spiro atoms. The predicted octanol–water partition coefficient (Wildman–Crippen LogP) is 3.93. The molecule has 0 aliphatic carbocycles. The van der Waals surface area contributed by atoms with Crippen LogP contribution in [0.1, 0.15) is 21.5 Å². The Balaban J connectivity index is 1.45. The topological polar surface area (TPSA) is 89.8 Å². The van der Waals surface area contributed by atoms with E-state index in [0.29, 0.717) is 22.0 Å². The van der Waals surface area contributed by atoms with Crippen molar-refractivity contribution in [1.29, 1.82) is 0 Å². The van der Waals surface area contributed by atoms with Crippen molar-refractivity contribution >= 4 is 29.1 Å². The van der Waals surface area contributed by atoms with Crippen LogP contribution in [0, 0.1) is 6.92 Å². The fourth-order valence-electron chi connectivity index (χ4n) is 2.97. The number of hydrogen-bond acceptors (Lipinski definition) is 6. The molecule has 3 aromatic carbocycles. The van der Waals surface area contributed by atoms with E-state index in [1.807, 2.05) is 49.4 Å². The first-order valence-electron chi connectivity index (χ1n) is 9.58. The van der Waals surface area contributed by atoms with Gasteiger partial charge < -0.3 is 5.32 Å². The zero-order chi connectivity index (χ0) is 21.6. The standard InChI is InChI=1S/C23H19N5O2S/c1-16-11-13-18(14-12-16)28-23(25-26-27-28)31-15-21(29)24-20-10-6-5-9-19(20)22(30)17-7-3-2-4-8-17/h2-14H,15H2,1H3,(H,24,29). The molecule has 0 radical (unpaired) electrons. The van der Waals surface area contributed by atoms with E-state index in [0.717, 1.165) is 11.3 Å². The molecular weight excluding hydrogens is 410 g/mol. The number of thioether (sulfide) groups is 1. The van der Waals surface area contributed by atoms with Crippen LogP contribution >= 0.6 is 11.8 Å². The lowest BCUT2D eigenvalue weighted by Gasteiger charge is -2.10. The number of rotatable bonds is 7. The summed E-state index contributed by atoms with van der Waals surface area (Å²) in [5.41, 5.74) is 3.43. The Hall–Kier alpha value is -3.78. The number of para-hydroxylation sites is 1. The predicted molar refractivity (Wildman–Crippen MR) is 120 cm³/mol. The summed E-state index contributed by atoms with van der Waals surface area (Å²) in [6.07, 6.45) is 0. The van der Waals surface area contributed by atoms with Crippen molar-refractivity contribution in [3.05, 3.63) is 95.6 Å². The van der Waals surface area contributed by atoms with Crippen molar-refractivity contribution in [1.82, 2.24) is 20.2 Å². The van der Waals surface area contributed by atoms with Crippen LogP contribution in [0.3, 0.4) is 0 Å². The van der Waals surface area contributed by atoms with Gasteiger partial charge in [-0.15, -0.1) is 5.10 Å². The number of carbonyl (C=O) groups is 2. The van der Waals surface area contributed by atoms with Gasteiger partial charge in [-0.25, -0.2) is 0 Å². The normalized spacial score (nSPS) is 10.6. The van der Waals surface area contributed by atoms with Crippen LogP contribution in [-0.4, -0.2) is 37.7 Å². The Kier molecular flexibility index (Phi) is 6.18. The monoisotopic (exact) mass is 429 g/mol. The largest absolute Gasteiger partial charge is 0.325 e. The summed E-state index contributed by atoms with van der Waals surface area (Å²) in [6.45, 7) is 2.00. The van der Waals surface area contributed by atoms with Gasteiger partial charge >= 0.3 is 0 Å². The van der Waals surface area contributed by atoms with Crippen molar-refractivity contribution in [3.63, 3.8) is 0 Å². The number of tetrazole rings is 1. The highest BCUT2D eigenvalue weighted by atomic mass is 32.2. The van der Waals surface area contributed by atoms with Gasteiger partial charge in [-0.3, -0.25) is 9.59 Å². The second-order valence-electron chi connectivity index (χ2n) is 6.79. The van der Waals surface area contributed by atoms with Crippen molar-refractivity contribution in [2.75, 3.05) is 11.1 Å². The number of ketones is 1. The molecule has 1 N–H and O–H groups in total. The van der Waals surface area contributed by atoms with Crippen molar-refractivity contribution in [2.45, 2.75) is 12.1 Å². The SMILES string of the molecule is Cc1ccc(-n2nnnc2SCC(=O)Nc2ccccc2C(=O)c2ccccc2)cc1. The Morgan fingerprint density at radius 1 is 0.935 bits per heavy atom. The van der Waals surface area contributed by atoms with Gasteiger partial charge in [0.15, 0.2) is 5.78 Å². The van der Waals surface area contributed by atoms with Crippen molar-refractivity contribution in [2.24, 2.45) is 0 Å². The highest BCUT2D eigenvalue weighted by molar-refractivity contribution is 7.99. The molecule has 154 valence electrons. The summed E-state index contributed by atoms with van der Waals surface area (Å²) in [6, 6.07) is 23.7. The highest BCUT2D eigenvalue weighted by Gasteiger charge is 2.16. The third kappa shape index (κ3) is 4.87. The van der Waals surface area contributed by atoms with E-state index in [2.05, 4.69) is 20.8 Å². The summed E-state index contributed by atoms with van der Waals surface area (Å²) in [4.78, 5) is 25.4. The first-order valence-corrected chi connectivity index (χ1v) is 10.6. The minimum Gasteiger partial charge on any atom is -0.325 e. The first kappa shape index (κ1) is 20.5. The molecule has 1 heterocycles. The minimum atomic E-state index is -0.253. The van der Waals surface area contributed by atoms with E-state index in [1.54, 1.807) is 41.1 Å². The maximum Gasteiger partial charge on any atom is 0.234 e. The van der Waals surface area contributed by atoms with Gasteiger partial charge in [0.25, 0.3) is 0 Å². The fraction of sp³-hybridized carbons (Fsp3) is 0.0870. The number of carbonyl (C=O) groups excluding carboxylic acids is 2.